The molecule has 1 aliphatic heterocycles. The fourth-order valence-corrected chi connectivity index (χ4v) is 3.17. The van der Waals surface area contributed by atoms with Crippen LogP contribution >= 0.6 is 0 Å². The molecule has 1 aromatic heterocycles. The van der Waals surface area contributed by atoms with Crippen molar-refractivity contribution < 1.29 is 4.79 Å². The van der Waals surface area contributed by atoms with Crippen LogP contribution in [0.5, 0.6) is 0 Å². The lowest BCUT2D eigenvalue weighted by Crippen LogP contribution is -2.36. The number of aromatic nitrogens is 4. The second-order valence-corrected chi connectivity index (χ2v) is 6.00. The van der Waals surface area contributed by atoms with Gasteiger partial charge in [-0.25, -0.2) is 4.68 Å². The van der Waals surface area contributed by atoms with Crippen molar-refractivity contribution in [1.29, 1.82) is 0 Å². The molecule has 0 atom stereocenters. The van der Waals surface area contributed by atoms with Gasteiger partial charge in [-0.2, -0.15) is 0 Å². The number of benzene rings is 2. The molecule has 2 aromatic carbocycles. The molecule has 0 spiro atoms. The largest absolute Gasteiger partial charge is 0.334 e. The van der Waals surface area contributed by atoms with E-state index in [1.807, 2.05) is 36.1 Å². The predicted molar refractivity (Wildman–Crippen MR) is 88.8 cm³/mol. The minimum Gasteiger partial charge on any atom is -0.334 e. The Morgan fingerprint density at radius 1 is 1.12 bits per heavy atom. The van der Waals surface area contributed by atoms with Gasteiger partial charge in [0.25, 0.3) is 5.91 Å². The molecule has 120 valence electrons. The van der Waals surface area contributed by atoms with Crippen LogP contribution in [0.15, 0.2) is 48.8 Å². The summed E-state index contributed by atoms with van der Waals surface area (Å²) in [6, 6.07) is 13.9. The predicted octanol–water partition coefficient (Wildman–Crippen LogP) is 2.17. The molecular weight excluding hydrogens is 302 g/mol. The van der Waals surface area contributed by atoms with Crippen LogP contribution in [0.1, 0.15) is 27.0 Å². The Labute approximate surface area is 139 Å². The second-order valence-electron chi connectivity index (χ2n) is 6.00. The third kappa shape index (κ3) is 2.56. The molecular formula is C18H17N5O. The standard InChI is InChI=1S/C18H17N5O/c1-13-10-15(6-7-17(13)23-12-19-20-21-23)18(24)22-9-8-14-4-2-3-5-16(14)11-22/h2-7,10,12H,8-9,11H2,1H3. The average molecular weight is 319 g/mol. The number of hydrogen-bond donors (Lipinski definition) is 0. The topological polar surface area (TPSA) is 63.9 Å². The quantitative estimate of drug-likeness (QED) is 0.726. The monoisotopic (exact) mass is 319 g/mol. The summed E-state index contributed by atoms with van der Waals surface area (Å²) in [7, 11) is 0. The average Bonchev–Trinajstić information content (AvgIpc) is 3.15. The molecule has 6 nitrogen and oxygen atoms in total. The number of fused-ring (bicyclic) bond motifs is 1. The van der Waals surface area contributed by atoms with Crippen molar-refractivity contribution in [3.8, 4) is 5.69 Å². The summed E-state index contributed by atoms with van der Waals surface area (Å²) in [5.41, 5.74) is 5.11. The fraction of sp³-hybridized carbons (Fsp3) is 0.222. The minimum atomic E-state index is 0.0656. The number of nitrogens with zero attached hydrogens (tertiary/aromatic N) is 5. The van der Waals surface area contributed by atoms with Crippen molar-refractivity contribution in [2.75, 3.05) is 6.54 Å². The van der Waals surface area contributed by atoms with E-state index in [0.29, 0.717) is 12.1 Å². The van der Waals surface area contributed by atoms with Crippen molar-refractivity contribution in [3.05, 3.63) is 71.0 Å². The van der Waals surface area contributed by atoms with Gasteiger partial charge in [0.2, 0.25) is 0 Å². The number of aryl methyl sites for hydroxylation is 1. The molecule has 0 saturated carbocycles. The van der Waals surface area contributed by atoms with Gasteiger partial charge in [0.1, 0.15) is 6.33 Å². The summed E-state index contributed by atoms with van der Waals surface area (Å²) in [4.78, 5) is 14.7. The summed E-state index contributed by atoms with van der Waals surface area (Å²) >= 11 is 0. The van der Waals surface area contributed by atoms with E-state index >= 15 is 0 Å². The molecule has 0 unspecified atom stereocenters. The summed E-state index contributed by atoms with van der Waals surface area (Å²) in [5.74, 6) is 0.0656. The van der Waals surface area contributed by atoms with Crippen molar-refractivity contribution >= 4 is 5.91 Å². The summed E-state index contributed by atoms with van der Waals surface area (Å²) < 4.78 is 1.60. The Bertz CT molecular complexity index is 888. The molecule has 0 aliphatic carbocycles. The van der Waals surface area contributed by atoms with Gasteiger partial charge in [-0.05, 0) is 58.7 Å². The normalized spacial score (nSPS) is 13.6. The highest BCUT2D eigenvalue weighted by atomic mass is 16.2. The van der Waals surface area contributed by atoms with Crippen molar-refractivity contribution in [2.45, 2.75) is 19.9 Å². The first-order chi connectivity index (χ1) is 11.7. The van der Waals surface area contributed by atoms with Crippen LogP contribution in [-0.2, 0) is 13.0 Å². The van der Waals surface area contributed by atoms with Gasteiger partial charge in [0.15, 0.2) is 0 Å². The lowest BCUT2D eigenvalue weighted by atomic mass is 9.99. The van der Waals surface area contributed by atoms with Gasteiger partial charge in [0.05, 0.1) is 5.69 Å². The zero-order valence-corrected chi connectivity index (χ0v) is 13.4. The van der Waals surface area contributed by atoms with Gasteiger partial charge in [-0.3, -0.25) is 4.79 Å². The van der Waals surface area contributed by atoms with Crippen LogP contribution in [-0.4, -0.2) is 37.6 Å². The third-order valence-electron chi connectivity index (χ3n) is 4.46. The molecule has 0 radical (unpaired) electrons. The summed E-state index contributed by atoms with van der Waals surface area (Å²) in [5, 5.41) is 11.2. The van der Waals surface area contributed by atoms with E-state index in [9.17, 15) is 4.79 Å². The number of rotatable bonds is 2. The van der Waals surface area contributed by atoms with E-state index in [0.717, 1.165) is 24.2 Å². The molecule has 0 N–H and O–H groups in total. The van der Waals surface area contributed by atoms with Gasteiger partial charge < -0.3 is 4.90 Å². The maximum atomic E-state index is 12.8. The Balaban J connectivity index is 1.58. The zero-order valence-electron chi connectivity index (χ0n) is 13.4. The summed E-state index contributed by atoms with van der Waals surface area (Å²) in [6.07, 6.45) is 2.45. The first kappa shape index (κ1) is 14.6. The molecule has 1 aliphatic rings. The lowest BCUT2D eigenvalue weighted by molar-refractivity contribution is 0.0734. The Kier molecular flexibility index (Phi) is 3.57. The molecule has 2 heterocycles. The highest BCUT2D eigenvalue weighted by Crippen LogP contribution is 2.22. The van der Waals surface area contributed by atoms with E-state index in [4.69, 9.17) is 0 Å². The molecule has 0 saturated heterocycles. The van der Waals surface area contributed by atoms with Crippen molar-refractivity contribution in [3.63, 3.8) is 0 Å². The summed E-state index contributed by atoms with van der Waals surface area (Å²) in [6.45, 7) is 3.38. The van der Waals surface area contributed by atoms with Crippen molar-refractivity contribution in [1.82, 2.24) is 25.1 Å². The number of carbonyl (C=O) groups is 1. The molecule has 1 amide bonds. The fourth-order valence-electron chi connectivity index (χ4n) is 3.17. The maximum absolute atomic E-state index is 12.8. The van der Waals surface area contributed by atoms with Crippen LogP contribution < -0.4 is 0 Å². The third-order valence-corrected chi connectivity index (χ3v) is 4.46. The zero-order chi connectivity index (χ0) is 16.5. The highest BCUT2D eigenvalue weighted by Gasteiger charge is 2.22. The molecule has 3 aromatic rings. The van der Waals surface area contributed by atoms with E-state index in [1.165, 1.54) is 11.1 Å². The Hall–Kier alpha value is -3.02. The maximum Gasteiger partial charge on any atom is 0.254 e. The van der Waals surface area contributed by atoms with Crippen LogP contribution in [0, 0.1) is 6.92 Å². The first-order valence-electron chi connectivity index (χ1n) is 7.92. The molecule has 4 rings (SSSR count). The smallest absolute Gasteiger partial charge is 0.254 e. The van der Waals surface area contributed by atoms with Gasteiger partial charge in [-0.15, -0.1) is 5.10 Å². The molecule has 6 heteroatoms. The van der Waals surface area contributed by atoms with Crippen LogP contribution in [0.3, 0.4) is 0 Å². The number of carbonyl (C=O) groups excluding carboxylic acids is 1. The van der Waals surface area contributed by atoms with E-state index < -0.39 is 0 Å². The van der Waals surface area contributed by atoms with Gasteiger partial charge in [-0.1, -0.05) is 24.3 Å². The Morgan fingerprint density at radius 2 is 1.96 bits per heavy atom. The van der Waals surface area contributed by atoms with Gasteiger partial charge in [0, 0.05) is 18.7 Å². The minimum absolute atomic E-state index is 0.0656. The molecule has 24 heavy (non-hydrogen) atoms. The van der Waals surface area contributed by atoms with E-state index in [2.05, 4.69) is 33.7 Å². The van der Waals surface area contributed by atoms with E-state index in [1.54, 1.807) is 11.0 Å². The number of amides is 1. The SMILES string of the molecule is Cc1cc(C(=O)N2CCc3ccccc3C2)ccc1-n1cnnn1. The second kappa shape index (κ2) is 5.88. The van der Waals surface area contributed by atoms with E-state index in [-0.39, 0.29) is 5.91 Å². The first-order valence-corrected chi connectivity index (χ1v) is 7.92. The molecule has 0 bridgehead atoms. The van der Waals surface area contributed by atoms with Crippen LogP contribution in [0.4, 0.5) is 0 Å². The van der Waals surface area contributed by atoms with Crippen molar-refractivity contribution in [2.24, 2.45) is 0 Å². The Morgan fingerprint density at radius 3 is 2.71 bits per heavy atom. The highest BCUT2D eigenvalue weighted by molar-refractivity contribution is 5.94. The van der Waals surface area contributed by atoms with Crippen LogP contribution in [0.2, 0.25) is 0 Å². The lowest BCUT2D eigenvalue weighted by Gasteiger charge is -2.29. The number of tetrazole rings is 1. The number of hydrogen-bond acceptors (Lipinski definition) is 4. The van der Waals surface area contributed by atoms with Gasteiger partial charge >= 0.3 is 0 Å². The molecule has 0 fully saturated rings. The van der Waals surface area contributed by atoms with Crippen LogP contribution in [0.25, 0.3) is 5.69 Å².